The first kappa shape index (κ1) is 14.3. The Morgan fingerprint density at radius 2 is 2.19 bits per heavy atom. The van der Waals surface area contributed by atoms with Gasteiger partial charge in [0.05, 0.1) is 16.7 Å². The minimum Gasteiger partial charge on any atom is -0.267 e. The van der Waals surface area contributed by atoms with Crippen molar-refractivity contribution in [3.05, 3.63) is 69.5 Å². The van der Waals surface area contributed by atoms with Crippen molar-refractivity contribution < 1.29 is 9.72 Å². The third-order valence-corrected chi connectivity index (χ3v) is 2.63. The van der Waals surface area contributed by atoms with E-state index in [1.807, 2.05) is 6.92 Å². The second-order valence-electron chi connectivity index (χ2n) is 4.24. The highest BCUT2D eigenvalue weighted by Gasteiger charge is 2.05. The van der Waals surface area contributed by atoms with Crippen molar-refractivity contribution in [1.29, 1.82) is 0 Å². The van der Waals surface area contributed by atoms with Crippen LogP contribution in [-0.4, -0.2) is 22.0 Å². The molecule has 1 heterocycles. The summed E-state index contributed by atoms with van der Waals surface area (Å²) in [6, 6.07) is 9.30. The molecule has 1 aromatic heterocycles. The zero-order valence-corrected chi connectivity index (χ0v) is 11.2. The number of aryl methyl sites for hydroxylation is 1. The summed E-state index contributed by atoms with van der Waals surface area (Å²) in [5, 5.41) is 14.4. The van der Waals surface area contributed by atoms with Crippen LogP contribution in [0.4, 0.5) is 5.69 Å². The third-order valence-electron chi connectivity index (χ3n) is 2.63. The Kier molecular flexibility index (Phi) is 4.35. The topological polar surface area (TPSA) is 97.5 Å². The number of nitro groups is 1. The lowest BCUT2D eigenvalue weighted by Crippen LogP contribution is -2.17. The molecule has 0 aliphatic carbocycles. The minimum absolute atomic E-state index is 0.0342. The number of benzene rings is 1. The molecule has 0 radical (unpaired) electrons. The van der Waals surface area contributed by atoms with Crippen LogP contribution in [0.25, 0.3) is 0 Å². The molecular weight excluding hydrogens is 272 g/mol. The Morgan fingerprint density at radius 3 is 2.86 bits per heavy atom. The summed E-state index contributed by atoms with van der Waals surface area (Å²) in [6.45, 7) is 1.82. The fourth-order valence-corrected chi connectivity index (χ4v) is 1.55. The van der Waals surface area contributed by atoms with Crippen molar-refractivity contribution in [3.8, 4) is 0 Å². The largest absolute Gasteiger partial charge is 0.272 e. The van der Waals surface area contributed by atoms with Crippen molar-refractivity contribution in [2.75, 3.05) is 0 Å². The lowest BCUT2D eigenvalue weighted by Gasteiger charge is -1.99. The van der Waals surface area contributed by atoms with Crippen molar-refractivity contribution in [1.82, 2.24) is 10.4 Å². The first-order valence-corrected chi connectivity index (χ1v) is 6.07. The predicted molar refractivity (Wildman–Crippen MR) is 77.1 cm³/mol. The van der Waals surface area contributed by atoms with E-state index in [-0.39, 0.29) is 5.69 Å². The van der Waals surface area contributed by atoms with Crippen LogP contribution in [0.2, 0.25) is 0 Å². The number of carbonyl (C=O) groups is 1. The number of hydrogen-bond donors (Lipinski definition) is 1. The SMILES string of the molecule is Cc1ccc(C(=O)N/N=C/c2cccc([N+](=O)[O-])c2)cn1. The molecule has 2 aromatic rings. The average Bonchev–Trinajstić information content (AvgIpc) is 2.48. The van der Waals surface area contributed by atoms with E-state index in [1.54, 1.807) is 24.3 Å². The Morgan fingerprint density at radius 1 is 1.38 bits per heavy atom. The van der Waals surface area contributed by atoms with Crippen molar-refractivity contribution in [3.63, 3.8) is 0 Å². The Balaban J connectivity index is 2.02. The molecule has 1 aromatic carbocycles. The number of hydrazone groups is 1. The molecule has 0 fully saturated rings. The molecule has 0 saturated heterocycles. The minimum atomic E-state index is -0.492. The van der Waals surface area contributed by atoms with Crippen LogP contribution in [-0.2, 0) is 0 Å². The maximum Gasteiger partial charge on any atom is 0.272 e. The first-order chi connectivity index (χ1) is 10.1. The van der Waals surface area contributed by atoms with Crippen LogP contribution < -0.4 is 5.43 Å². The standard InChI is InChI=1S/C14H12N4O3/c1-10-5-6-12(9-15-10)14(19)17-16-8-11-3-2-4-13(7-11)18(20)21/h2-9H,1H3,(H,17,19)/b16-8+. The molecule has 0 bridgehead atoms. The summed E-state index contributed by atoms with van der Waals surface area (Å²) in [6.07, 6.45) is 2.79. The van der Waals surface area contributed by atoms with Gasteiger partial charge in [0.2, 0.25) is 0 Å². The number of non-ortho nitro benzene ring substituents is 1. The Bertz CT molecular complexity index is 696. The second-order valence-corrected chi connectivity index (χ2v) is 4.24. The number of aromatic nitrogens is 1. The molecule has 0 aliphatic heterocycles. The van der Waals surface area contributed by atoms with E-state index < -0.39 is 10.8 Å². The molecule has 7 heteroatoms. The quantitative estimate of drug-likeness (QED) is 0.528. The fraction of sp³-hybridized carbons (Fsp3) is 0.0714. The van der Waals surface area contributed by atoms with Crippen molar-refractivity contribution in [2.24, 2.45) is 5.10 Å². The number of rotatable bonds is 4. The van der Waals surface area contributed by atoms with Crippen molar-refractivity contribution >= 4 is 17.8 Å². The lowest BCUT2D eigenvalue weighted by atomic mass is 10.2. The van der Waals surface area contributed by atoms with Gasteiger partial charge in [0, 0.05) is 29.6 Å². The fourth-order valence-electron chi connectivity index (χ4n) is 1.55. The monoisotopic (exact) mass is 284 g/mol. The molecule has 0 spiro atoms. The number of nitrogens with one attached hydrogen (secondary N) is 1. The number of carbonyl (C=O) groups excluding carboxylic acids is 1. The van der Waals surface area contributed by atoms with Crippen molar-refractivity contribution in [2.45, 2.75) is 6.92 Å². The number of hydrogen-bond acceptors (Lipinski definition) is 5. The van der Waals surface area contributed by atoms with E-state index in [0.29, 0.717) is 11.1 Å². The molecule has 0 saturated carbocycles. The smallest absolute Gasteiger partial charge is 0.267 e. The van der Waals surface area contributed by atoms with Crippen LogP contribution >= 0.6 is 0 Å². The van der Waals surface area contributed by atoms with E-state index in [4.69, 9.17) is 0 Å². The van der Waals surface area contributed by atoms with Gasteiger partial charge < -0.3 is 0 Å². The number of pyridine rings is 1. The van der Waals surface area contributed by atoms with Crippen LogP contribution in [0.5, 0.6) is 0 Å². The highest BCUT2D eigenvalue weighted by molar-refractivity contribution is 5.94. The molecule has 1 amide bonds. The maximum atomic E-state index is 11.7. The van der Waals surface area contributed by atoms with Crippen LogP contribution in [0, 0.1) is 17.0 Å². The lowest BCUT2D eigenvalue weighted by molar-refractivity contribution is -0.384. The molecular formula is C14H12N4O3. The van der Waals surface area contributed by atoms with Gasteiger partial charge in [0.25, 0.3) is 11.6 Å². The highest BCUT2D eigenvalue weighted by atomic mass is 16.6. The molecule has 0 atom stereocenters. The van der Waals surface area contributed by atoms with Gasteiger partial charge in [0.1, 0.15) is 0 Å². The van der Waals surface area contributed by atoms with Gasteiger partial charge in [-0.25, -0.2) is 5.43 Å². The van der Waals surface area contributed by atoms with Gasteiger partial charge in [0.15, 0.2) is 0 Å². The van der Waals surface area contributed by atoms with Gasteiger partial charge in [-0.15, -0.1) is 0 Å². The molecule has 1 N–H and O–H groups in total. The third kappa shape index (κ3) is 3.93. The molecule has 0 unspecified atom stereocenters. The molecule has 0 aliphatic rings. The molecule has 106 valence electrons. The number of nitrogens with zero attached hydrogens (tertiary/aromatic N) is 3. The predicted octanol–water partition coefficient (Wildman–Crippen LogP) is 2.06. The van der Waals surface area contributed by atoms with Gasteiger partial charge in [-0.2, -0.15) is 5.10 Å². The Hall–Kier alpha value is -3.09. The van der Waals surface area contributed by atoms with Crippen LogP contribution in [0.15, 0.2) is 47.7 Å². The summed E-state index contributed by atoms with van der Waals surface area (Å²) in [7, 11) is 0. The summed E-state index contributed by atoms with van der Waals surface area (Å²) in [4.78, 5) is 25.9. The summed E-state index contributed by atoms with van der Waals surface area (Å²) >= 11 is 0. The van der Waals surface area contributed by atoms with Crippen LogP contribution in [0.3, 0.4) is 0 Å². The van der Waals surface area contributed by atoms with Gasteiger partial charge in [-0.05, 0) is 19.1 Å². The highest BCUT2D eigenvalue weighted by Crippen LogP contribution is 2.11. The van der Waals surface area contributed by atoms with Crippen LogP contribution in [0.1, 0.15) is 21.6 Å². The zero-order valence-electron chi connectivity index (χ0n) is 11.2. The van der Waals surface area contributed by atoms with E-state index in [2.05, 4.69) is 15.5 Å². The van der Waals surface area contributed by atoms with Gasteiger partial charge in [-0.3, -0.25) is 19.9 Å². The second kappa shape index (κ2) is 6.38. The van der Waals surface area contributed by atoms with E-state index in [1.165, 1.54) is 24.5 Å². The number of nitro benzene ring substituents is 1. The molecule has 21 heavy (non-hydrogen) atoms. The first-order valence-electron chi connectivity index (χ1n) is 6.07. The summed E-state index contributed by atoms with van der Waals surface area (Å²) < 4.78 is 0. The molecule has 2 rings (SSSR count). The van der Waals surface area contributed by atoms with E-state index in [0.717, 1.165) is 5.69 Å². The van der Waals surface area contributed by atoms with Gasteiger partial charge in [-0.1, -0.05) is 12.1 Å². The zero-order chi connectivity index (χ0) is 15.2. The maximum absolute atomic E-state index is 11.7. The van der Waals surface area contributed by atoms with E-state index >= 15 is 0 Å². The average molecular weight is 284 g/mol. The summed E-state index contributed by atoms with van der Waals surface area (Å²) in [5.74, 6) is -0.399. The Labute approximate surface area is 120 Å². The van der Waals surface area contributed by atoms with Gasteiger partial charge >= 0.3 is 0 Å². The summed E-state index contributed by atoms with van der Waals surface area (Å²) in [5.41, 5.74) is 4.02. The van der Waals surface area contributed by atoms with E-state index in [9.17, 15) is 14.9 Å². The normalized spacial score (nSPS) is 10.5. The molecule has 7 nitrogen and oxygen atoms in total. The number of amides is 1.